The monoisotopic (exact) mass is 443 g/mol. The first-order valence-electron chi connectivity index (χ1n) is 11.5. The molecule has 2 heterocycles. The molecule has 1 aliphatic carbocycles. The predicted octanol–water partition coefficient (Wildman–Crippen LogP) is 5.52. The number of rotatable bonds is 9. The third-order valence-corrected chi connectivity index (χ3v) is 6.05. The number of anilines is 3. The second-order valence-corrected chi connectivity index (χ2v) is 8.39. The summed E-state index contributed by atoms with van der Waals surface area (Å²) in [6.45, 7) is 5.07. The highest BCUT2D eigenvalue weighted by molar-refractivity contribution is 5.70. The smallest absolute Gasteiger partial charge is 0.229 e. The molecule has 6 nitrogen and oxygen atoms in total. The number of likely N-dealkylation sites (tertiary alicyclic amines) is 1. The predicted molar refractivity (Wildman–Crippen MR) is 124 cm³/mol. The van der Waals surface area contributed by atoms with Crippen LogP contribution in [0.2, 0.25) is 0 Å². The fourth-order valence-corrected chi connectivity index (χ4v) is 4.26. The zero-order valence-corrected chi connectivity index (χ0v) is 18.5. The maximum atomic E-state index is 14.5. The van der Waals surface area contributed by atoms with Crippen molar-refractivity contribution < 1.29 is 13.5 Å². The summed E-state index contributed by atoms with van der Waals surface area (Å²) in [5, 5.41) is 6.36. The van der Waals surface area contributed by atoms with E-state index < -0.39 is 5.82 Å². The topological polar surface area (TPSA) is 62.3 Å². The number of nitrogens with zero attached hydrogens (tertiary/aromatic N) is 3. The summed E-state index contributed by atoms with van der Waals surface area (Å²) >= 11 is 0. The molecule has 0 unspecified atom stereocenters. The molecular weight excluding hydrogens is 412 g/mol. The SMILES string of the molecule is C/C=C(\F)c1cnc(Nc2ccc(OCCN3CCCC3)c(F)c2)nc1NC1CCCC1. The van der Waals surface area contributed by atoms with E-state index in [9.17, 15) is 8.78 Å². The Bertz CT molecular complexity index is 940. The van der Waals surface area contributed by atoms with Crippen molar-refractivity contribution in [1.29, 1.82) is 0 Å². The quantitative estimate of drug-likeness (QED) is 0.532. The van der Waals surface area contributed by atoms with Crippen molar-refractivity contribution in [2.45, 2.75) is 51.5 Å². The lowest BCUT2D eigenvalue weighted by atomic mass is 10.2. The van der Waals surface area contributed by atoms with E-state index in [4.69, 9.17) is 4.74 Å². The van der Waals surface area contributed by atoms with Gasteiger partial charge in [0.05, 0.1) is 5.56 Å². The van der Waals surface area contributed by atoms with E-state index in [-0.39, 0.29) is 23.6 Å². The van der Waals surface area contributed by atoms with Crippen LogP contribution in [0.15, 0.2) is 30.5 Å². The van der Waals surface area contributed by atoms with Gasteiger partial charge in [0.25, 0.3) is 0 Å². The third-order valence-electron chi connectivity index (χ3n) is 6.05. The largest absolute Gasteiger partial charge is 0.489 e. The van der Waals surface area contributed by atoms with Gasteiger partial charge in [0.1, 0.15) is 18.3 Å². The third kappa shape index (κ3) is 5.73. The van der Waals surface area contributed by atoms with E-state index in [1.807, 2.05) is 0 Å². The number of aromatic nitrogens is 2. The molecule has 8 heteroatoms. The van der Waals surface area contributed by atoms with Crippen molar-refractivity contribution in [2.75, 3.05) is 36.9 Å². The maximum absolute atomic E-state index is 14.5. The minimum Gasteiger partial charge on any atom is -0.489 e. The molecule has 0 bridgehead atoms. The average Bonchev–Trinajstić information content (AvgIpc) is 3.49. The molecule has 0 spiro atoms. The van der Waals surface area contributed by atoms with Gasteiger partial charge < -0.3 is 15.4 Å². The molecular formula is C24H31F2N5O. The van der Waals surface area contributed by atoms with Crippen LogP contribution in [0.3, 0.4) is 0 Å². The van der Waals surface area contributed by atoms with Gasteiger partial charge in [-0.2, -0.15) is 4.98 Å². The Balaban J connectivity index is 1.42. The zero-order valence-electron chi connectivity index (χ0n) is 18.5. The number of nitrogens with one attached hydrogen (secondary N) is 2. The summed E-state index contributed by atoms with van der Waals surface area (Å²) in [6, 6.07) is 4.96. The van der Waals surface area contributed by atoms with Gasteiger partial charge in [-0.1, -0.05) is 18.9 Å². The fraction of sp³-hybridized carbons (Fsp3) is 0.500. The van der Waals surface area contributed by atoms with Gasteiger partial charge >= 0.3 is 0 Å². The second kappa shape index (κ2) is 10.7. The lowest BCUT2D eigenvalue weighted by Gasteiger charge is -2.17. The van der Waals surface area contributed by atoms with E-state index in [0.29, 0.717) is 23.7 Å². The van der Waals surface area contributed by atoms with E-state index in [2.05, 4.69) is 25.5 Å². The molecule has 2 aliphatic rings. The van der Waals surface area contributed by atoms with Gasteiger partial charge in [0.15, 0.2) is 11.6 Å². The van der Waals surface area contributed by atoms with E-state index in [1.165, 1.54) is 31.2 Å². The number of benzene rings is 1. The highest BCUT2D eigenvalue weighted by atomic mass is 19.1. The highest BCUT2D eigenvalue weighted by Crippen LogP contribution is 2.29. The molecule has 1 saturated heterocycles. The van der Waals surface area contributed by atoms with Gasteiger partial charge in [0.2, 0.25) is 5.95 Å². The molecule has 1 aromatic heterocycles. The van der Waals surface area contributed by atoms with Gasteiger partial charge in [0, 0.05) is 30.5 Å². The van der Waals surface area contributed by atoms with Crippen LogP contribution < -0.4 is 15.4 Å². The summed E-state index contributed by atoms with van der Waals surface area (Å²) < 4.78 is 34.5. The van der Waals surface area contributed by atoms with Crippen LogP contribution >= 0.6 is 0 Å². The normalized spacial score (nSPS) is 17.7. The van der Waals surface area contributed by atoms with E-state index >= 15 is 0 Å². The molecule has 2 aromatic rings. The Morgan fingerprint density at radius 2 is 2.00 bits per heavy atom. The summed E-state index contributed by atoms with van der Waals surface area (Å²) in [5.41, 5.74) is 0.832. The van der Waals surface area contributed by atoms with Crippen molar-refractivity contribution in [3.05, 3.63) is 41.9 Å². The van der Waals surface area contributed by atoms with Crippen LogP contribution in [-0.4, -0.2) is 47.2 Å². The number of hydrogen-bond acceptors (Lipinski definition) is 6. The van der Waals surface area contributed by atoms with Crippen LogP contribution in [0.4, 0.5) is 26.2 Å². The standard InChI is InChI=1S/C24H31F2N5O/c1-2-20(25)19-16-27-24(30-23(19)28-17-7-3-4-8-17)29-18-9-10-22(21(26)15-18)32-14-13-31-11-5-6-12-31/h2,9-10,15-17H,3-8,11-14H2,1H3,(H2,27,28,29,30)/b20-2-. The Hall–Kier alpha value is -2.74. The van der Waals surface area contributed by atoms with E-state index in [1.54, 1.807) is 19.1 Å². The van der Waals surface area contributed by atoms with Crippen LogP contribution in [0.25, 0.3) is 5.83 Å². The van der Waals surface area contributed by atoms with Gasteiger partial charge in [-0.05, 0) is 57.8 Å². The fourth-order valence-electron chi connectivity index (χ4n) is 4.26. The Labute approximate surface area is 188 Å². The number of halogens is 2. The molecule has 1 aliphatic heterocycles. The van der Waals surface area contributed by atoms with Crippen LogP contribution in [0.5, 0.6) is 5.75 Å². The molecule has 0 atom stereocenters. The van der Waals surface area contributed by atoms with Gasteiger partial charge in [-0.15, -0.1) is 0 Å². The number of allylic oxidation sites excluding steroid dienone is 1. The van der Waals surface area contributed by atoms with Crippen molar-refractivity contribution in [3.63, 3.8) is 0 Å². The molecule has 32 heavy (non-hydrogen) atoms. The van der Waals surface area contributed by atoms with Crippen LogP contribution in [0.1, 0.15) is 51.0 Å². The van der Waals surface area contributed by atoms with Crippen molar-refractivity contribution >= 4 is 23.3 Å². The summed E-state index contributed by atoms with van der Waals surface area (Å²) in [4.78, 5) is 11.0. The molecule has 2 N–H and O–H groups in total. The Kier molecular flexibility index (Phi) is 7.52. The average molecular weight is 444 g/mol. The number of ether oxygens (including phenoxy) is 1. The van der Waals surface area contributed by atoms with Gasteiger partial charge in [-0.25, -0.2) is 13.8 Å². The van der Waals surface area contributed by atoms with Crippen LogP contribution in [-0.2, 0) is 0 Å². The zero-order chi connectivity index (χ0) is 22.3. The first-order chi connectivity index (χ1) is 15.6. The summed E-state index contributed by atoms with van der Waals surface area (Å²) in [5.74, 6) is 0.133. The van der Waals surface area contributed by atoms with Gasteiger partial charge in [-0.3, -0.25) is 4.90 Å². The van der Waals surface area contributed by atoms with Crippen molar-refractivity contribution in [2.24, 2.45) is 0 Å². The molecule has 1 aromatic carbocycles. The molecule has 172 valence electrons. The van der Waals surface area contributed by atoms with Crippen LogP contribution in [0, 0.1) is 5.82 Å². The first kappa shape index (κ1) is 22.5. The first-order valence-corrected chi connectivity index (χ1v) is 11.5. The summed E-state index contributed by atoms with van der Waals surface area (Å²) in [6.07, 6.45) is 9.66. The molecule has 0 amide bonds. The highest BCUT2D eigenvalue weighted by Gasteiger charge is 2.19. The maximum Gasteiger partial charge on any atom is 0.229 e. The Morgan fingerprint density at radius 1 is 1.22 bits per heavy atom. The van der Waals surface area contributed by atoms with Crippen molar-refractivity contribution in [3.8, 4) is 5.75 Å². The van der Waals surface area contributed by atoms with Crippen molar-refractivity contribution in [1.82, 2.24) is 14.9 Å². The molecule has 1 saturated carbocycles. The Morgan fingerprint density at radius 3 is 2.72 bits per heavy atom. The molecule has 0 radical (unpaired) electrons. The van der Waals surface area contributed by atoms with E-state index in [0.717, 1.165) is 45.3 Å². The molecule has 4 rings (SSSR count). The lowest BCUT2D eigenvalue weighted by molar-refractivity contribution is 0.231. The second-order valence-electron chi connectivity index (χ2n) is 8.39. The number of hydrogen-bond donors (Lipinski definition) is 2. The minimum absolute atomic E-state index is 0.227. The molecule has 2 fully saturated rings. The lowest BCUT2D eigenvalue weighted by Crippen LogP contribution is -2.25. The summed E-state index contributed by atoms with van der Waals surface area (Å²) in [7, 11) is 0. The minimum atomic E-state index is -0.447.